The number of carbonyl (C=O) groups excluding carboxylic acids is 2. The third kappa shape index (κ3) is 4.11. The van der Waals surface area contributed by atoms with Crippen LogP contribution in [0, 0.1) is 12.7 Å². The van der Waals surface area contributed by atoms with Gasteiger partial charge in [-0.05, 0) is 43.2 Å². The molecule has 1 atom stereocenters. The summed E-state index contributed by atoms with van der Waals surface area (Å²) in [5.41, 5.74) is 4.04. The van der Waals surface area contributed by atoms with Crippen molar-refractivity contribution in [1.29, 1.82) is 0 Å². The van der Waals surface area contributed by atoms with E-state index in [0.29, 0.717) is 49.6 Å². The Morgan fingerprint density at radius 3 is 2.71 bits per heavy atom. The molecule has 2 aliphatic rings. The molecule has 0 radical (unpaired) electrons. The van der Waals surface area contributed by atoms with Crippen LogP contribution in [0.15, 0.2) is 36.4 Å². The summed E-state index contributed by atoms with van der Waals surface area (Å²) in [6.45, 7) is 3.07. The lowest BCUT2D eigenvalue weighted by Gasteiger charge is -2.32. The molecule has 0 N–H and O–H groups in total. The van der Waals surface area contributed by atoms with Crippen LogP contribution in [0.2, 0.25) is 0 Å². The minimum atomic E-state index is -0.368. The first-order valence-corrected chi connectivity index (χ1v) is 11.2. The number of halogens is 1. The third-order valence-electron chi connectivity index (χ3n) is 6.50. The zero-order chi connectivity index (χ0) is 23.8. The highest BCUT2D eigenvalue weighted by atomic mass is 19.1. The first kappa shape index (κ1) is 22.0. The topological polar surface area (TPSA) is 93.5 Å². The lowest BCUT2D eigenvalue weighted by Crippen LogP contribution is -2.47. The molecule has 10 heteroatoms. The number of rotatable bonds is 5. The fourth-order valence-corrected chi connectivity index (χ4v) is 4.44. The van der Waals surface area contributed by atoms with Gasteiger partial charge in [0.05, 0.1) is 17.1 Å². The molecule has 0 aliphatic carbocycles. The van der Waals surface area contributed by atoms with Crippen molar-refractivity contribution in [1.82, 2.24) is 29.8 Å². The molecule has 1 aromatic carbocycles. The molecule has 1 fully saturated rings. The standard InChI is InChI=1S/C24H25FN6O3/c1-15-21(31(28-27-15)18-6-4-17(25)5-7-18)14-34-22-9-3-16-13-30(12-11-19(16)26-22)24(33)20-8-10-23(32)29(20)2/h3-7,9,20H,8,10-14H2,1-2H3/t20-/m0/s1. The smallest absolute Gasteiger partial charge is 0.245 e. The van der Waals surface area contributed by atoms with Gasteiger partial charge in [-0.25, -0.2) is 14.1 Å². The summed E-state index contributed by atoms with van der Waals surface area (Å²) in [4.78, 5) is 32.7. The van der Waals surface area contributed by atoms with E-state index in [4.69, 9.17) is 4.74 Å². The second kappa shape index (κ2) is 8.85. The van der Waals surface area contributed by atoms with Crippen molar-refractivity contribution in [2.24, 2.45) is 0 Å². The fourth-order valence-electron chi connectivity index (χ4n) is 4.44. The molecule has 0 spiro atoms. The molecular weight excluding hydrogens is 439 g/mol. The van der Waals surface area contributed by atoms with Gasteiger partial charge in [0.2, 0.25) is 17.7 Å². The molecule has 2 amide bonds. The zero-order valence-electron chi connectivity index (χ0n) is 19.1. The van der Waals surface area contributed by atoms with Gasteiger partial charge < -0.3 is 14.5 Å². The number of benzene rings is 1. The lowest BCUT2D eigenvalue weighted by atomic mass is 10.0. The van der Waals surface area contributed by atoms with Gasteiger partial charge in [-0.1, -0.05) is 11.3 Å². The molecular formula is C24H25FN6O3. The number of carbonyl (C=O) groups is 2. The molecule has 0 saturated carbocycles. The number of amides is 2. The number of likely N-dealkylation sites (N-methyl/N-ethyl adjacent to an activating group) is 1. The third-order valence-corrected chi connectivity index (χ3v) is 6.50. The number of hydrogen-bond donors (Lipinski definition) is 0. The number of fused-ring (bicyclic) bond motifs is 1. The van der Waals surface area contributed by atoms with Gasteiger partial charge in [0.25, 0.3) is 0 Å². The maximum absolute atomic E-state index is 13.3. The van der Waals surface area contributed by atoms with Gasteiger partial charge in [-0.2, -0.15) is 0 Å². The molecule has 2 aliphatic heterocycles. The normalized spacial score (nSPS) is 17.7. The molecule has 2 aromatic heterocycles. The Labute approximate surface area is 196 Å². The van der Waals surface area contributed by atoms with Crippen LogP contribution in [0.25, 0.3) is 5.69 Å². The molecule has 0 unspecified atom stereocenters. The molecule has 3 aromatic rings. The summed E-state index contributed by atoms with van der Waals surface area (Å²) >= 11 is 0. The van der Waals surface area contributed by atoms with E-state index in [1.807, 2.05) is 13.0 Å². The predicted molar refractivity (Wildman–Crippen MR) is 120 cm³/mol. The number of ether oxygens (including phenoxy) is 1. The minimum Gasteiger partial charge on any atom is -0.471 e. The van der Waals surface area contributed by atoms with E-state index in [0.717, 1.165) is 17.0 Å². The Morgan fingerprint density at radius 2 is 1.97 bits per heavy atom. The Kier molecular flexibility index (Phi) is 5.72. The maximum atomic E-state index is 13.3. The van der Waals surface area contributed by atoms with Crippen molar-refractivity contribution in [3.8, 4) is 11.6 Å². The molecule has 4 heterocycles. The van der Waals surface area contributed by atoms with Crippen molar-refractivity contribution in [2.75, 3.05) is 13.6 Å². The first-order valence-electron chi connectivity index (χ1n) is 11.2. The van der Waals surface area contributed by atoms with Crippen molar-refractivity contribution >= 4 is 11.8 Å². The number of likely N-dealkylation sites (tertiary alicyclic amines) is 1. The van der Waals surface area contributed by atoms with Gasteiger partial charge >= 0.3 is 0 Å². The van der Waals surface area contributed by atoms with Crippen LogP contribution >= 0.6 is 0 Å². The average molecular weight is 465 g/mol. The van der Waals surface area contributed by atoms with Crippen LogP contribution in [0.3, 0.4) is 0 Å². The molecule has 34 heavy (non-hydrogen) atoms. The second-order valence-electron chi connectivity index (χ2n) is 8.62. The zero-order valence-corrected chi connectivity index (χ0v) is 19.1. The van der Waals surface area contributed by atoms with Crippen molar-refractivity contribution in [2.45, 2.75) is 45.4 Å². The van der Waals surface area contributed by atoms with Gasteiger partial charge in [0, 0.05) is 39.0 Å². The molecule has 176 valence electrons. The second-order valence-corrected chi connectivity index (χ2v) is 8.62. The van der Waals surface area contributed by atoms with Crippen molar-refractivity contribution < 1.29 is 18.7 Å². The lowest BCUT2D eigenvalue weighted by molar-refractivity contribution is -0.141. The summed E-state index contributed by atoms with van der Waals surface area (Å²) in [6.07, 6.45) is 1.62. The number of aromatic nitrogens is 4. The molecule has 1 saturated heterocycles. The van der Waals surface area contributed by atoms with Gasteiger partial charge in [-0.3, -0.25) is 9.59 Å². The summed E-state index contributed by atoms with van der Waals surface area (Å²) < 4.78 is 20.9. The van der Waals surface area contributed by atoms with Crippen LogP contribution in [0.5, 0.6) is 5.88 Å². The van der Waals surface area contributed by atoms with Gasteiger partial charge in [-0.15, -0.1) is 5.10 Å². The van der Waals surface area contributed by atoms with Crippen LogP contribution in [-0.4, -0.2) is 61.2 Å². The van der Waals surface area contributed by atoms with E-state index in [1.165, 1.54) is 12.1 Å². The van der Waals surface area contributed by atoms with Crippen LogP contribution < -0.4 is 4.74 Å². The van der Waals surface area contributed by atoms with E-state index in [9.17, 15) is 14.0 Å². The summed E-state index contributed by atoms with van der Waals surface area (Å²) in [7, 11) is 1.69. The van der Waals surface area contributed by atoms with Crippen molar-refractivity contribution in [3.05, 3.63) is 64.9 Å². The number of hydrogen-bond acceptors (Lipinski definition) is 6. The first-order chi connectivity index (χ1) is 16.4. The Morgan fingerprint density at radius 1 is 1.18 bits per heavy atom. The van der Waals surface area contributed by atoms with E-state index in [2.05, 4.69) is 15.3 Å². The Bertz CT molecular complexity index is 1240. The predicted octanol–water partition coefficient (Wildman–Crippen LogP) is 2.19. The Hall–Kier alpha value is -3.82. The largest absolute Gasteiger partial charge is 0.471 e. The molecule has 5 rings (SSSR count). The van der Waals surface area contributed by atoms with Crippen LogP contribution in [0.4, 0.5) is 4.39 Å². The SMILES string of the molecule is Cc1nnn(-c2ccc(F)cc2)c1COc1ccc2c(n1)CCN(C(=O)[C@@H]1CCC(=O)N1C)C2. The highest BCUT2D eigenvalue weighted by Gasteiger charge is 2.36. The summed E-state index contributed by atoms with van der Waals surface area (Å²) in [5, 5.41) is 8.27. The van der Waals surface area contributed by atoms with Gasteiger partial charge in [0.15, 0.2) is 0 Å². The van der Waals surface area contributed by atoms with E-state index in [-0.39, 0.29) is 30.3 Å². The van der Waals surface area contributed by atoms with Crippen LogP contribution in [-0.2, 0) is 29.2 Å². The monoisotopic (exact) mass is 464 g/mol. The fraction of sp³-hybridized carbons (Fsp3) is 0.375. The Balaban J connectivity index is 1.26. The highest BCUT2D eigenvalue weighted by molar-refractivity contribution is 5.90. The van der Waals surface area contributed by atoms with Crippen LogP contribution in [0.1, 0.15) is 35.5 Å². The maximum Gasteiger partial charge on any atom is 0.245 e. The van der Waals surface area contributed by atoms with E-state index >= 15 is 0 Å². The summed E-state index contributed by atoms with van der Waals surface area (Å²) in [6, 6.07) is 9.37. The average Bonchev–Trinajstić information content (AvgIpc) is 3.38. The number of nitrogens with zero attached hydrogens (tertiary/aromatic N) is 6. The minimum absolute atomic E-state index is 0.00337. The number of pyridine rings is 1. The van der Waals surface area contributed by atoms with Crippen molar-refractivity contribution in [3.63, 3.8) is 0 Å². The van der Waals surface area contributed by atoms with E-state index in [1.54, 1.807) is 39.7 Å². The molecule has 9 nitrogen and oxygen atoms in total. The summed E-state index contributed by atoms with van der Waals surface area (Å²) in [5.74, 6) is 0.174. The van der Waals surface area contributed by atoms with Gasteiger partial charge in [0.1, 0.15) is 24.2 Å². The molecule has 0 bridgehead atoms. The quantitative estimate of drug-likeness (QED) is 0.575. The van der Waals surface area contributed by atoms with E-state index < -0.39 is 0 Å². The number of aryl methyl sites for hydroxylation is 1. The highest BCUT2D eigenvalue weighted by Crippen LogP contribution is 2.25.